The number of anilines is 1. The fourth-order valence-corrected chi connectivity index (χ4v) is 5.06. The second-order valence-corrected chi connectivity index (χ2v) is 9.01. The Labute approximate surface area is 235 Å². The molecule has 2 aliphatic heterocycles. The molecule has 2 aromatic heterocycles. The van der Waals surface area contributed by atoms with E-state index in [4.69, 9.17) is 10.6 Å². The zero-order valence-electron chi connectivity index (χ0n) is 19.0. The number of carbonyl (C=O) groups is 3. The van der Waals surface area contributed by atoms with Crippen LogP contribution in [0.3, 0.4) is 0 Å². The van der Waals surface area contributed by atoms with E-state index in [9.17, 15) is 19.5 Å². The topological polar surface area (TPSA) is 176 Å². The number of hydrogen-bond acceptors (Lipinski definition) is 12. The number of fused-ring (bicyclic) bond motifs is 1. The van der Waals surface area contributed by atoms with Gasteiger partial charge in [0, 0.05) is 29.7 Å². The number of amides is 2. The van der Waals surface area contributed by atoms with E-state index in [1.54, 1.807) is 30.6 Å². The van der Waals surface area contributed by atoms with Crippen molar-refractivity contribution in [2.24, 2.45) is 5.16 Å². The SMILES string of the molecule is C=CCO/N=C(\C(=O)NC1C(=O)N2C(C(=O)[O-])=C(/C=C/c3cccnc3)CS[C@H]12)c1nsc(N)n1.[Na+]. The van der Waals surface area contributed by atoms with Gasteiger partial charge in [-0.05, 0) is 17.2 Å². The van der Waals surface area contributed by atoms with Crippen LogP contribution in [0.2, 0.25) is 0 Å². The predicted octanol–water partition coefficient (Wildman–Crippen LogP) is -3.46. The fraction of sp³-hybridized carbons (Fsp3) is 0.190. The van der Waals surface area contributed by atoms with Crippen molar-refractivity contribution in [3.63, 3.8) is 0 Å². The molecule has 1 saturated heterocycles. The molecule has 12 nitrogen and oxygen atoms in total. The molecule has 0 aromatic carbocycles. The van der Waals surface area contributed by atoms with E-state index in [0.29, 0.717) is 5.57 Å². The van der Waals surface area contributed by atoms with Crippen molar-refractivity contribution in [2.75, 3.05) is 18.1 Å². The maximum absolute atomic E-state index is 12.9. The number of pyridine rings is 1. The molecule has 180 valence electrons. The molecular formula is C21H18N7NaO5S2. The largest absolute Gasteiger partial charge is 1.00 e. The van der Waals surface area contributed by atoms with E-state index in [0.717, 1.165) is 22.0 Å². The Bertz CT molecular complexity index is 1260. The van der Waals surface area contributed by atoms with Crippen LogP contribution in [0.1, 0.15) is 11.4 Å². The quantitative estimate of drug-likeness (QED) is 0.0820. The van der Waals surface area contributed by atoms with E-state index in [-0.39, 0.29) is 64.3 Å². The summed E-state index contributed by atoms with van der Waals surface area (Å²) < 4.78 is 3.96. The van der Waals surface area contributed by atoms with Gasteiger partial charge in [-0.25, -0.2) is 0 Å². The summed E-state index contributed by atoms with van der Waals surface area (Å²) in [6, 6.07) is 2.57. The Balaban J connectivity index is 0.00000361. The van der Waals surface area contributed by atoms with Gasteiger partial charge in [-0.15, -0.1) is 11.8 Å². The molecule has 4 rings (SSSR count). The zero-order chi connectivity index (χ0) is 24.9. The van der Waals surface area contributed by atoms with Gasteiger partial charge in [-0.1, -0.05) is 36.0 Å². The molecule has 2 aromatic rings. The van der Waals surface area contributed by atoms with Gasteiger partial charge in [0.1, 0.15) is 18.0 Å². The molecule has 4 heterocycles. The number of allylic oxidation sites excluding steroid dienone is 1. The third kappa shape index (κ3) is 5.84. The van der Waals surface area contributed by atoms with Gasteiger partial charge in [-0.3, -0.25) is 19.5 Å². The average molecular weight is 536 g/mol. The van der Waals surface area contributed by atoms with E-state index in [1.165, 1.54) is 17.8 Å². The molecule has 0 aliphatic carbocycles. The molecule has 0 saturated carbocycles. The van der Waals surface area contributed by atoms with Crippen LogP contribution in [-0.4, -0.2) is 66.5 Å². The molecule has 2 aliphatic rings. The number of thioether (sulfide) groups is 1. The molecule has 0 radical (unpaired) electrons. The van der Waals surface area contributed by atoms with Crippen LogP contribution in [0.5, 0.6) is 0 Å². The van der Waals surface area contributed by atoms with E-state index in [2.05, 4.69) is 31.4 Å². The van der Waals surface area contributed by atoms with E-state index >= 15 is 0 Å². The standard InChI is InChI=1S/C21H19N7O5S2.Na/c1-2-8-33-26-13(16-25-21(22)35-27-16)17(29)24-14-18(30)28-15(20(31)32)12(10-34-19(14)28)6-5-11-4-3-7-23-9-11;/h2-7,9,14,19H,1,8,10H2,(H,24,29)(H,31,32)(H2,22,25,27);/q;+1/p-1/b6-5+,26-13-;/t14?,19-;/m1./s1. The molecule has 36 heavy (non-hydrogen) atoms. The summed E-state index contributed by atoms with van der Waals surface area (Å²) in [5.74, 6) is -2.63. The van der Waals surface area contributed by atoms with Crippen molar-refractivity contribution in [1.82, 2.24) is 24.6 Å². The van der Waals surface area contributed by atoms with Crippen molar-refractivity contribution < 1.29 is 53.9 Å². The van der Waals surface area contributed by atoms with Crippen molar-refractivity contribution in [3.8, 4) is 0 Å². The first-order chi connectivity index (χ1) is 16.9. The molecule has 0 bridgehead atoms. The van der Waals surface area contributed by atoms with Crippen molar-refractivity contribution >= 4 is 58.0 Å². The number of carbonyl (C=O) groups excluding carboxylic acids is 3. The van der Waals surface area contributed by atoms with Gasteiger partial charge in [0.25, 0.3) is 11.8 Å². The van der Waals surface area contributed by atoms with Crippen LogP contribution in [-0.2, 0) is 19.2 Å². The van der Waals surface area contributed by atoms with Gasteiger partial charge in [0.15, 0.2) is 5.13 Å². The molecular weight excluding hydrogens is 517 g/mol. The number of nitrogens with two attached hydrogens (primary N) is 1. The number of carboxylic acids is 1. The van der Waals surface area contributed by atoms with E-state index in [1.807, 2.05) is 6.07 Å². The summed E-state index contributed by atoms with van der Waals surface area (Å²) in [6.45, 7) is 3.53. The summed E-state index contributed by atoms with van der Waals surface area (Å²) >= 11 is 2.17. The van der Waals surface area contributed by atoms with Crippen LogP contribution in [0, 0.1) is 0 Å². The minimum atomic E-state index is -1.48. The smallest absolute Gasteiger partial charge is 0.543 e. The van der Waals surface area contributed by atoms with Gasteiger partial charge < -0.3 is 25.8 Å². The van der Waals surface area contributed by atoms with Crippen molar-refractivity contribution in [1.29, 1.82) is 0 Å². The molecule has 15 heteroatoms. The molecule has 0 spiro atoms. The molecule has 1 unspecified atom stereocenters. The maximum Gasteiger partial charge on any atom is 1.00 e. The third-order valence-corrected chi connectivity index (χ3v) is 6.70. The second-order valence-electron chi connectivity index (χ2n) is 7.12. The molecule has 2 amide bonds. The number of aliphatic carboxylic acids is 1. The number of aromatic nitrogens is 3. The van der Waals surface area contributed by atoms with E-state index < -0.39 is 29.2 Å². The monoisotopic (exact) mass is 535 g/mol. The van der Waals surface area contributed by atoms with Gasteiger partial charge in [0.05, 0.1) is 11.7 Å². The van der Waals surface area contributed by atoms with Crippen molar-refractivity contribution in [2.45, 2.75) is 11.4 Å². The van der Waals surface area contributed by atoms with Crippen LogP contribution in [0.25, 0.3) is 6.08 Å². The van der Waals surface area contributed by atoms with Crippen molar-refractivity contribution in [3.05, 3.63) is 65.9 Å². The molecule has 3 N–H and O–H groups in total. The summed E-state index contributed by atoms with van der Waals surface area (Å²) in [5.41, 5.74) is 6.27. The maximum atomic E-state index is 12.9. The summed E-state index contributed by atoms with van der Waals surface area (Å²) in [7, 11) is 0. The summed E-state index contributed by atoms with van der Waals surface area (Å²) in [5, 5.41) is 17.7. The number of nitrogens with zero attached hydrogens (tertiary/aromatic N) is 5. The van der Waals surface area contributed by atoms with Crippen LogP contribution < -0.4 is 45.7 Å². The second kappa shape index (κ2) is 12.3. The number of oxime groups is 1. The Kier molecular flexibility index (Phi) is 9.39. The fourth-order valence-electron chi connectivity index (χ4n) is 3.31. The van der Waals surface area contributed by atoms with Crippen LogP contribution in [0.15, 0.2) is 59.7 Å². The van der Waals surface area contributed by atoms with Crippen LogP contribution >= 0.6 is 23.3 Å². The number of β-lactam (4-membered cyclic amide) rings is 1. The number of nitrogens with one attached hydrogen (secondary N) is 1. The Morgan fingerprint density at radius 3 is 2.86 bits per heavy atom. The first-order valence-electron chi connectivity index (χ1n) is 10.1. The Morgan fingerprint density at radius 1 is 1.42 bits per heavy atom. The minimum Gasteiger partial charge on any atom is -0.543 e. The molecule has 2 atom stereocenters. The average Bonchev–Trinajstić information content (AvgIpc) is 3.29. The van der Waals surface area contributed by atoms with Gasteiger partial charge in [-0.2, -0.15) is 9.36 Å². The predicted molar refractivity (Wildman–Crippen MR) is 127 cm³/mol. The zero-order valence-corrected chi connectivity index (χ0v) is 22.6. The number of hydrogen-bond donors (Lipinski definition) is 2. The minimum absolute atomic E-state index is 0. The molecule has 1 fully saturated rings. The van der Waals surface area contributed by atoms with Gasteiger partial charge in [0.2, 0.25) is 11.5 Å². The number of rotatable bonds is 9. The Hall–Kier alpha value is -3.04. The summed E-state index contributed by atoms with van der Waals surface area (Å²) in [6.07, 6.45) is 8.00. The summed E-state index contributed by atoms with van der Waals surface area (Å²) in [4.78, 5) is 51.8. The third-order valence-electron chi connectivity index (χ3n) is 4.86. The number of carboxylic acid groups (broad SMARTS) is 1. The van der Waals surface area contributed by atoms with Gasteiger partial charge >= 0.3 is 29.6 Å². The Morgan fingerprint density at radius 2 is 2.22 bits per heavy atom. The first kappa shape index (κ1) is 27.5. The first-order valence-corrected chi connectivity index (χ1v) is 11.9. The number of nitrogen functional groups attached to an aromatic ring is 1. The normalized spacial score (nSPS) is 19.3. The van der Waals surface area contributed by atoms with Crippen LogP contribution in [0.4, 0.5) is 5.13 Å².